The normalized spacial score (nSPS) is 18.2. The van der Waals surface area contributed by atoms with E-state index in [9.17, 15) is 9.59 Å². The smallest absolute Gasteiger partial charge is 0.317 e. The molecule has 0 aromatic carbocycles. The van der Waals surface area contributed by atoms with Gasteiger partial charge in [-0.15, -0.1) is 11.3 Å². The monoisotopic (exact) mass is 244 g/mol. The topological polar surface area (TPSA) is 54.4 Å². The van der Waals surface area contributed by atoms with Gasteiger partial charge in [0.25, 0.3) is 0 Å². The van der Waals surface area contributed by atoms with Gasteiger partial charge in [0, 0.05) is 0 Å². The van der Waals surface area contributed by atoms with Crippen LogP contribution >= 0.6 is 22.9 Å². The summed E-state index contributed by atoms with van der Waals surface area (Å²) in [7, 11) is 0. The van der Waals surface area contributed by atoms with Gasteiger partial charge in [0.15, 0.2) is 5.78 Å². The van der Waals surface area contributed by atoms with Crippen LogP contribution in [0.5, 0.6) is 0 Å². The Bertz CT molecular complexity index is 420. The number of halogens is 1. The average Bonchev–Trinajstić information content (AvgIpc) is 2.48. The van der Waals surface area contributed by atoms with Gasteiger partial charge in [-0.1, -0.05) is 18.0 Å². The van der Waals surface area contributed by atoms with E-state index >= 15 is 0 Å². The van der Waals surface area contributed by atoms with Crippen molar-refractivity contribution < 1.29 is 14.7 Å². The van der Waals surface area contributed by atoms with Crippen molar-refractivity contribution in [2.75, 3.05) is 0 Å². The fourth-order valence-corrected chi connectivity index (χ4v) is 2.82. The molecule has 15 heavy (non-hydrogen) atoms. The van der Waals surface area contributed by atoms with E-state index in [1.165, 1.54) is 0 Å². The third kappa shape index (κ3) is 1.58. The van der Waals surface area contributed by atoms with E-state index in [2.05, 4.69) is 0 Å². The van der Waals surface area contributed by atoms with Gasteiger partial charge in [0.1, 0.15) is 5.41 Å². The lowest BCUT2D eigenvalue weighted by Crippen LogP contribution is -2.44. The standard InChI is InChI=1S/C10H9ClO3S/c11-7-3-2-6(15-7)8(12)10(9(13)14)4-1-5-10/h2-3H,1,4-5H2,(H,13,14). The molecule has 0 unspecified atom stereocenters. The summed E-state index contributed by atoms with van der Waals surface area (Å²) in [6.07, 6.45) is 1.69. The molecule has 0 radical (unpaired) electrons. The Labute approximate surface area is 95.7 Å². The van der Waals surface area contributed by atoms with Crippen molar-refractivity contribution in [3.05, 3.63) is 21.3 Å². The summed E-state index contributed by atoms with van der Waals surface area (Å²) in [4.78, 5) is 23.5. The highest BCUT2D eigenvalue weighted by atomic mass is 35.5. The Morgan fingerprint density at radius 2 is 2.07 bits per heavy atom. The Kier molecular flexibility index (Phi) is 2.56. The number of carbonyl (C=O) groups excluding carboxylic acids is 1. The second kappa shape index (κ2) is 3.61. The molecule has 1 aliphatic rings. The molecule has 1 saturated carbocycles. The number of carboxylic acid groups (broad SMARTS) is 1. The Morgan fingerprint density at radius 3 is 2.40 bits per heavy atom. The summed E-state index contributed by atoms with van der Waals surface area (Å²) < 4.78 is 0.512. The lowest BCUT2D eigenvalue weighted by atomic mass is 9.65. The van der Waals surface area contributed by atoms with Crippen LogP contribution in [0.15, 0.2) is 12.1 Å². The SMILES string of the molecule is O=C(O)C1(C(=O)c2ccc(Cl)s2)CCC1. The third-order valence-corrected chi connectivity index (χ3v) is 4.08. The molecule has 3 nitrogen and oxygen atoms in total. The number of hydrogen-bond acceptors (Lipinski definition) is 3. The molecule has 0 aliphatic heterocycles. The van der Waals surface area contributed by atoms with Crippen LogP contribution in [0.3, 0.4) is 0 Å². The lowest BCUT2D eigenvalue weighted by Gasteiger charge is -2.35. The van der Waals surface area contributed by atoms with Crippen LogP contribution in [0.2, 0.25) is 4.34 Å². The van der Waals surface area contributed by atoms with Crippen LogP contribution in [0.4, 0.5) is 0 Å². The molecular weight excluding hydrogens is 236 g/mol. The number of thiophene rings is 1. The Morgan fingerprint density at radius 1 is 1.40 bits per heavy atom. The summed E-state index contributed by atoms with van der Waals surface area (Å²) >= 11 is 6.86. The lowest BCUT2D eigenvalue weighted by molar-refractivity contribution is -0.150. The first-order valence-corrected chi connectivity index (χ1v) is 5.79. The van der Waals surface area contributed by atoms with E-state index in [0.29, 0.717) is 22.1 Å². The molecule has 1 aromatic rings. The maximum Gasteiger partial charge on any atom is 0.317 e. The van der Waals surface area contributed by atoms with Crippen molar-refractivity contribution in [1.82, 2.24) is 0 Å². The van der Waals surface area contributed by atoms with Crippen LogP contribution in [0.1, 0.15) is 28.9 Å². The fraction of sp³-hybridized carbons (Fsp3) is 0.400. The van der Waals surface area contributed by atoms with Gasteiger partial charge in [0.2, 0.25) is 0 Å². The molecule has 0 saturated heterocycles. The first kappa shape index (κ1) is 10.6. The highest BCUT2D eigenvalue weighted by Crippen LogP contribution is 2.45. The number of carboxylic acids is 1. The summed E-state index contributed by atoms with van der Waals surface area (Å²) in [6.45, 7) is 0. The molecule has 1 fully saturated rings. The fourth-order valence-electron chi connectivity index (χ4n) is 1.74. The van der Waals surface area contributed by atoms with Crippen LogP contribution in [-0.2, 0) is 4.79 Å². The van der Waals surface area contributed by atoms with E-state index in [1.54, 1.807) is 12.1 Å². The van der Waals surface area contributed by atoms with Gasteiger partial charge < -0.3 is 5.11 Å². The van der Waals surface area contributed by atoms with Gasteiger partial charge in [-0.25, -0.2) is 0 Å². The quantitative estimate of drug-likeness (QED) is 0.657. The number of ketones is 1. The molecule has 1 heterocycles. The van der Waals surface area contributed by atoms with Crippen molar-refractivity contribution in [1.29, 1.82) is 0 Å². The second-order valence-electron chi connectivity index (χ2n) is 3.67. The highest BCUT2D eigenvalue weighted by Gasteiger charge is 2.51. The van der Waals surface area contributed by atoms with Crippen molar-refractivity contribution in [2.24, 2.45) is 5.41 Å². The molecule has 5 heteroatoms. The first-order chi connectivity index (χ1) is 7.06. The van der Waals surface area contributed by atoms with Crippen molar-refractivity contribution in [3.8, 4) is 0 Å². The molecule has 0 atom stereocenters. The van der Waals surface area contributed by atoms with Crippen molar-refractivity contribution >= 4 is 34.7 Å². The highest BCUT2D eigenvalue weighted by molar-refractivity contribution is 7.18. The molecule has 0 amide bonds. The van der Waals surface area contributed by atoms with E-state index < -0.39 is 11.4 Å². The molecule has 1 aliphatic carbocycles. The van der Waals surface area contributed by atoms with Gasteiger partial charge in [-0.3, -0.25) is 9.59 Å². The first-order valence-electron chi connectivity index (χ1n) is 4.60. The zero-order valence-electron chi connectivity index (χ0n) is 7.83. The summed E-state index contributed by atoms with van der Waals surface area (Å²) in [5.41, 5.74) is -1.17. The van der Waals surface area contributed by atoms with E-state index in [1.807, 2.05) is 0 Å². The summed E-state index contributed by atoms with van der Waals surface area (Å²) in [6, 6.07) is 3.21. The number of carbonyl (C=O) groups is 2. The van der Waals surface area contributed by atoms with Crippen LogP contribution < -0.4 is 0 Å². The molecule has 0 bridgehead atoms. The van der Waals surface area contributed by atoms with Crippen molar-refractivity contribution in [2.45, 2.75) is 19.3 Å². The zero-order valence-corrected chi connectivity index (χ0v) is 9.40. The zero-order chi connectivity index (χ0) is 11.1. The van der Waals surface area contributed by atoms with Gasteiger partial charge in [-0.05, 0) is 25.0 Å². The molecular formula is C10H9ClO3S. The predicted octanol–water partition coefficient (Wildman–Crippen LogP) is 2.84. The minimum atomic E-state index is -1.17. The molecule has 2 rings (SSSR count). The molecule has 1 aromatic heterocycles. The van der Waals surface area contributed by atoms with Crippen molar-refractivity contribution in [3.63, 3.8) is 0 Å². The van der Waals surface area contributed by atoms with E-state index in [-0.39, 0.29) is 5.78 Å². The summed E-state index contributed by atoms with van der Waals surface area (Å²) in [5.74, 6) is -1.30. The van der Waals surface area contributed by atoms with Crippen LogP contribution in [0.25, 0.3) is 0 Å². The van der Waals surface area contributed by atoms with Gasteiger partial charge in [-0.2, -0.15) is 0 Å². The maximum atomic E-state index is 12.0. The Balaban J connectivity index is 2.31. The van der Waals surface area contributed by atoms with E-state index in [4.69, 9.17) is 16.7 Å². The largest absolute Gasteiger partial charge is 0.480 e. The number of rotatable bonds is 3. The molecule has 0 spiro atoms. The number of hydrogen-bond donors (Lipinski definition) is 1. The Hall–Kier alpha value is -0.870. The third-order valence-electron chi connectivity index (χ3n) is 2.85. The minimum absolute atomic E-state index is 0.293. The molecule has 80 valence electrons. The van der Waals surface area contributed by atoms with Gasteiger partial charge in [0.05, 0.1) is 9.21 Å². The molecule has 1 N–H and O–H groups in total. The van der Waals surface area contributed by atoms with Crippen LogP contribution in [-0.4, -0.2) is 16.9 Å². The second-order valence-corrected chi connectivity index (χ2v) is 5.39. The summed E-state index contributed by atoms with van der Waals surface area (Å²) in [5, 5.41) is 9.07. The van der Waals surface area contributed by atoms with Gasteiger partial charge >= 0.3 is 5.97 Å². The number of aliphatic carboxylic acids is 1. The predicted molar refractivity (Wildman–Crippen MR) is 57.6 cm³/mol. The number of Topliss-reactive ketones (excluding diaryl/α,β-unsaturated/α-hetero) is 1. The maximum absolute atomic E-state index is 12.0. The minimum Gasteiger partial charge on any atom is -0.480 e. The average molecular weight is 245 g/mol. The van der Waals surface area contributed by atoms with Crippen LogP contribution in [0, 0.1) is 5.41 Å². The van der Waals surface area contributed by atoms with E-state index in [0.717, 1.165) is 17.8 Å².